The Bertz CT molecular complexity index is 1200. The molecule has 1 saturated heterocycles. The number of ether oxygens (including phenoxy) is 1. The Balaban J connectivity index is 1.49. The van der Waals surface area contributed by atoms with Crippen LogP contribution in [0.15, 0.2) is 60.4 Å². The Hall–Kier alpha value is -3.67. The van der Waals surface area contributed by atoms with E-state index >= 15 is 0 Å². The Labute approximate surface area is 187 Å². The second kappa shape index (κ2) is 8.46. The molecule has 162 valence electrons. The van der Waals surface area contributed by atoms with Crippen LogP contribution in [0.4, 0.5) is 0 Å². The zero-order chi connectivity index (χ0) is 22.1. The van der Waals surface area contributed by atoms with Gasteiger partial charge in [0.15, 0.2) is 0 Å². The van der Waals surface area contributed by atoms with E-state index in [1.54, 1.807) is 13.1 Å². The van der Waals surface area contributed by atoms with Crippen LogP contribution >= 0.6 is 0 Å². The van der Waals surface area contributed by atoms with Gasteiger partial charge in [-0.1, -0.05) is 18.2 Å². The number of benzene rings is 2. The topological polar surface area (TPSA) is 64.4 Å². The highest BCUT2D eigenvalue weighted by molar-refractivity contribution is 5.96. The zero-order valence-corrected chi connectivity index (χ0v) is 18.1. The van der Waals surface area contributed by atoms with E-state index in [-0.39, 0.29) is 11.9 Å². The van der Waals surface area contributed by atoms with Gasteiger partial charge < -0.3 is 14.2 Å². The average molecular weight is 428 g/mol. The summed E-state index contributed by atoms with van der Waals surface area (Å²) in [6.45, 7) is 3.83. The lowest BCUT2D eigenvalue weighted by molar-refractivity contribution is -0.138. The van der Waals surface area contributed by atoms with Crippen LogP contribution in [-0.4, -0.2) is 46.0 Å². The van der Waals surface area contributed by atoms with E-state index < -0.39 is 0 Å². The molecule has 6 heteroatoms. The number of rotatable bonds is 4. The summed E-state index contributed by atoms with van der Waals surface area (Å²) in [7, 11) is 0. The van der Waals surface area contributed by atoms with Crippen LogP contribution in [0.2, 0.25) is 0 Å². The average Bonchev–Trinajstić information content (AvgIpc) is 3.49. The first-order valence-corrected chi connectivity index (χ1v) is 11.1. The third-order valence-electron chi connectivity index (χ3n) is 6.08. The molecule has 1 amide bonds. The predicted octanol–water partition coefficient (Wildman–Crippen LogP) is 4.28. The van der Waals surface area contributed by atoms with Gasteiger partial charge in [-0.2, -0.15) is 0 Å². The van der Waals surface area contributed by atoms with Crippen LogP contribution in [0.25, 0.3) is 22.9 Å². The minimum absolute atomic E-state index is 0.102. The molecule has 3 aromatic rings. The van der Waals surface area contributed by atoms with Crippen LogP contribution in [-0.2, 0) is 16.0 Å². The Kier molecular flexibility index (Phi) is 5.35. The van der Waals surface area contributed by atoms with E-state index in [0.717, 1.165) is 59.7 Å². The number of carbonyl (C=O) groups is 2. The van der Waals surface area contributed by atoms with Gasteiger partial charge in [-0.15, -0.1) is 0 Å². The van der Waals surface area contributed by atoms with Crippen molar-refractivity contribution in [1.29, 1.82) is 0 Å². The first kappa shape index (κ1) is 20.2. The first-order chi connectivity index (χ1) is 15.6. The van der Waals surface area contributed by atoms with Gasteiger partial charge in [0.1, 0.15) is 5.82 Å². The van der Waals surface area contributed by atoms with Crippen molar-refractivity contribution in [2.24, 2.45) is 0 Å². The molecule has 2 aliphatic rings. The van der Waals surface area contributed by atoms with Gasteiger partial charge in [0.25, 0.3) is 5.91 Å². The highest BCUT2D eigenvalue weighted by Crippen LogP contribution is 2.30. The maximum Gasteiger partial charge on any atom is 0.334 e. The number of hydrogen-bond donors (Lipinski definition) is 0. The van der Waals surface area contributed by atoms with Crippen molar-refractivity contribution < 1.29 is 14.3 Å². The SMILES string of the molecule is CCOC(=O)C1=Cc2cc(-c3ccc(C(=O)N4CCCC4)cc3)ccc2-n2ccnc2C1. The molecular formula is C26H25N3O3. The smallest absolute Gasteiger partial charge is 0.334 e. The summed E-state index contributed by atoms with van der Waals surface area (Å²) >= 11 is 0. The lowest BCUT2D eigenvalue weighted by Crippen LogP contribution is -2.27. The molecule has 0 N–H and O–H groups in total. The number of amides is 1. The third kappa shape index (κ3) is 3.73. The third-order valence-corrected chi connectivity index (χ3v) is 6.08. The molecule has 2 aliphatic heterocycles. The number of nitrogens with zero attached hydrogens (tertiary/aromatic N) is 3. The van der Waals surface area contributed by atoms with E-state index in [0.29, 0.717) is 18.6 Å². The summed E-state index contributed by atoms with van der Waals surface area (Å²) in [4.78, 5) is 31.5. The quantitative estimate of drug-likeness (QED) is 0.583. The standard InChI is InChI=1S/C26H25N3O3/c1-2-32-26(31)22-16-21-15-20(9-10-23(21)29-14-11-27-24(29)17-22)18-5-7-19(8-6-18)25(30)28-12-3-4-13-28/h5-11,14-16H,2-4,12-13,17H2,1H3. The molecule has 1 aromatic heterocycles. The number of imidazole rings is 1. The Morgan fingerprint density at radius 1 is 1.03 bits per heavy atom. The van der Waals surface area contributed by atoms with Crippen LogP contribution in [0.3, 0.4) is 0 Å². The minimum Gasteiger partial charge on any atom is -0.463 e. The summed E-state index contributed by atoms with van der Waals surface area (Å²) in [5, 5.41) is 0. The van der Waals surface area contributed by atoms with Crippen LogP contribution < -0.4 is 0 Å². The molecule has 0 atom stereocenters. The fourth-order valence-corrected chi connectivity index (χ4v) is 4.43. The fraction of sp³-hybridized carbons (Fsp3) is 0.269. The van der Waals surface area contributed by atoms with Crippen molar-refractivity contribution in [3.63, 3.8) is 0 Å². The summed E-state index contributed by atoms with van der Waals surface area (Å²) in [6, 6.07) is 13.9. The number of carbonyl (C=O) groups excluding carboxylic acids is 2. The van der Waals surface area contributed by atoms with Crippen molar-refractivity contribution in [3.05, 3.63) is 77.4 Å². The molecule has 32 heavy (non-hydrogen) atoms. The highest BCUT2D eigenvalue weighted by atomic mass is 16.5. The second-order valence-electron chi connectivity index (χ2n) is 8.13. The van der Waals surface area contributed by atoms with Gasteiger partial charge in [0.05, 0.1) is 12.3 Å². The molecule has 6 nitrogen and oxygen atoms in total. The first-order valence-electron chi connectivity index (χ1n) is 11.1. The minimum atomic E-state index is -0.315. The maximum atomic E-state index is 12.6. The number of fused-ring (bicyclic) bond motifs is 3. The second-order valence-corrected chi connectivity index (χ2v) is 8.13. The number of hydrogen-bond acceptors (Lipinski definition) is 4. The molecule has 0 spiro atoms. The van der Waals surface area contributed by atoms with Crippen LogP contribution in [0, 0.1) is 0 Å². The Morgan fingerprint density at radius 2 is 1.78 bits per heavy atom. The molecule has 1 fully saturated rings. The number of esters is 1. The molecule has 2 aromatic carbocycles. The number of likely N-dealkylation sites (tertiary alicyclic amines) is 1. The predicted molar refractivity (Wildman–Crippen MR) is 122 cm³/mol. The lowest BCUT2D eigenvalue weighted by Gasteiger charge is -2.15. The fourth-order valence-electron chi connectivity index (χ4n) is 4.43. The van der Waals surface area contributed by atoms with Crippen molar-refractivity contribution >= 4 is 18.0 Å². The molecule has 0 radical (unpaired) electrons. The summed E-state index contributed by atoms with van der Waals surface area (Å²) in [5.41, 5.74) is 5.25. The molecule has 0 bridgehead atoms. The lowest BCUT2D eigenvalue weighted by atomic mass is 9.99. The molecule has 0 unspecified atom stereocenters. The highest BCUT2D eigenvalue weighted by Gasteiger charge is 2.22. The zero-order valence-electron chi connectivity index (χ0n) is 18.1. The van der Waals surface area contributed by atoms with Crippen molar-refractivity contribution in [2.75, 3.05) is 19.7 Å². The summed E-state index contributed by atoms with van der Waals surface area (Å²) < 4.78 is 7.27. The normalized spacial score (nSPS) is 14.9. The van der Waals surface area contributed by atoms with Gasteiger partial charge in [-0.05, 0) is 66.8 Å². The molecule has 5 rings (SSSR count). The number of aromatic nitrogens is 2. The van der Waals surface area contributed by atoms with Crippen LogP contribution in [0.1, 0.15) is 41.5 Å². The monoisotopic (exact) mass is 427 g/mol. The maximum absolute atomic E-state index is 12.6. The molecule has 0 saturated carbocycles. The van der Waals surface area contributed by atoms with Gasteiger partial charge in [0.2, 0.25) is 0 Å². The van der Waals surface area contributed by atoms with Crippen LogP contribution in [0.5, 0.6) is 0 Å². The van der Waals surface area contributed by atoms with E-state index in [1.165, 1.54) is 0 Å². The van der Waals surface area contributed by atoms with E-state index in [9.17, 15) is 9.59 Å². The summed E-state index contributed by atoms with van der Waals surface area (Å²) in [5.74, 6) is 0.594. The Morgan fingerprint density at radius 3 is 2.53 bits per heavy atom. The van der Waals surface area contributed by atoms with Gasteiger partial charge in [-0.25, -0.2) is 9.78 Å². The van der Waals surface area contributed by atoms with Crippen molar-refractivity contribution in [2.45, 2.75) is 26.2 Å². The largest absolute Gasteiger partial charge is 0.463 e. The van der Waals surface area contributed by atoms with E-state index in [2.05, 4.69) is 17.1 Å². The van der Waals surface area contributed by atoms with Crippen molar-refractivity contribution in [1.82, 2.24) is 14.5 Å². The van der Waals surface area contributed by atoms with Crippen molar-refractivity contribution in [3.8, 4) is 16.8 Å². The van der Waals surface area contributed by atoms with E-state index in [4.69, 9.17) is 4.74 Å². The molecule has 3 heterocycles. The van der Waals surface area contributed by atoms with Gasteiger partial charge in [0, 0.05) is 43.0 Å². The van der Waals surface area contributed by atoms with E-state index in [1.807, 2.05) is 52.1 Å². The molecular weight excluding hydrogens is 402 g/mol. The summed E-state index contributed by atoms with van der Waals surface area (Å²) in [6.07, 6.45) is 8.14. The van der Waals surface area contributed by atoms with Gasteiger partial charge >= 0.3 is 5.97 Å². The van der Waals surface area contributed by atoms with Gasteiger partial charge in [-0.3, -0.25) is 4.79 Å². The molecule has 0 aliphatic carbocycles.